The van der Waals surface area contributed by atoms with Crippen LogP contribution in [0, 0.1) is 22.0 Å². The number of rotatable bonds is 15. The fraction of sp³-hybridized carbons (Fsp3) is 0.340. The van der Waals surface area contributed by atoms with Crippen LogP contribution in [0.15, 0.2) is 125 Å². The molecule has 9 rings (SSSR count). The van der Waals surface area contributed by atoms with Gasteiger partial charge in [-0.25, -0.2) is 13.1 Å². The quantitative estimate of drug-likeness (QED) is 0.0600. The van der Waals surface area contributed by atoms with Gasteiger partial charge in [-0.1, -0.05) is 66.2 Å². The number of benzene rings is 5. The van der Waals surface area contributed by atoms with Crippen molar-refractivity contribution in [1.29, 1.82) is 0 Å². The van der Waals surface area contributed by atoms with Crippen LogP contribution >= 0.6 is 23.4 Å². The highest BCUT2D eigenvalue weighted by molar-refractivity contribution is 7.99. The van der Waals surface area contributed by atoms with Crippen molar-refractivity contribution in [3.63, 3.8) is 0 Å². The fourth-order valence-corrected chi connectivity index (χ4v) is 11.4. The molecule has 3 heterocycles. The molecule has 316 valence electrons. The van der Waals surface area contributed by atoms with Crippen molar-refractivity contribution >= 4 is 56.4 Å². The second kappa shape index (κ2) is 17.8. The zero-order valence-electron chi connectivity index (χ0n) is 33.8. The maximum atomic E-state index is 13.6. The van der Waals surface area contributed by atoms with E-state index in [1.807, 2.05) is 48.5 Å². The number of thioether (sulfide) groups is 1. The number of carbonyl (C=O) groups excluding carboxylic acids is 1. The third kappa shape index (κ3) is 9.61. The van der Waals surface area contributed by atoms with Gasteiger partial charge in [-0.15, -0.1) is 11.8 Å². The number of anilines is 2. The normalized spacial score (nSPS) is 20.3. The molecule has 0 bridgehead atoms. The molecule has 0 radical (unpaired) electrons. The van der Waals surface area contributed by atoms with Crippen molar-refractivity contribution in [2.75, 3.05) is 55.2 Å². The Morgan fingerprint density at radius 3 is 2.44 bits per heavy atom. The second-order valence-electron chi connectivity index (χ2n) is 16.8. The van der Waals surface area contributed by atoms with Crippen LogP contribution < -0.4 is 14.9 Å². The van der Waals surface area contributed by atoms with E-state index in [0.29, 0.717) is 16.8 Å². The third-order valence-corrected chi connectivity index (χ3v) is 15.4. The van der Waals surface area contributed by atoms with Crippen molar-refractivity contribution in [2.24, 2.45) is 11.8 Å². The van der Waals surface area contributed by atoms with E-state index >= 15 is 0 Å². The van der Waals surface area contributed by atoms with Gasteiger partial charge in [0.05, 0.1) is 9.82 Å². The summed E-state index contributed by atoms with van der Waals surface area (Å²) in [6, 6.07) is 35.8. The first-order valence-corrected chi connectivity index (χ1v) is 23.9. The predicted molar refractivity (Wildman–Crippen MR) is 243 cm³/mol. The van der Waals surface area contributed by atoms with Gasteiger partial charge in [0.1, 0.15) is 5.69 Å². The number of amides is 1. The Balaban J connectivity index is 0.843. The van der Waals surface area contributed by atoms with Crippen LogP contribution in [0.25, 0.3) is 11.1 Å². The highest BCUT2D eigenvalue weighted by atomic mass is 35.5. The molecule has 11 nitrogen and oxygen atoms in total. The highest BCUT2D eigenvalue weighted by Gasteiger charge is 2.44. The minimum absolute atomic E-state index is 0.102. The topological polar surface area (TPSA) is 128 Å². The summed E-state index contributed by atoms with van der Waals surface area (Å²) in [4.78, 5) is 33.5. The van der Waals surface area contributed by atoms with Crippen LogP contribution in [0.3, 0.4) is 0 Å². The number of nitrogens with one attached hydrogen (secondary N) is 2. The number of carbonyl (C=O) groups is 1. The number of nitro groups is 1. The lowest BCUT2D eigenvalue weighted by Crippen LogP contribution is -2.54. The number of fused-ring (bicyclic) bond motifs is 4. The number of piperazine rings is 1. The molecule has 5 aromatic rings. The Bertz CT molecular complexity index is 2520. The molecule has 0 unspecified atom stereocenters. The van der Waals surface area contributed by atoms with Gasteiger partial charge in [0.25, 0.3) is 21.6 Å². The summed E-state index contributed by atoms with van der Waals surface area (Å²) >= 11 is 7.84. The molecule has 1 aliphatic carbocycles. The summed E-state index contributed by atoms with van der Waals surface area (Å²) in [5, 5.41) is 16.5. The Hall–Kier alpha value is -4.92. The van der Waals surface area contributed by atoms with Gasteiger partial charge in [-0.3, -0.25) is 19.8 Å². The van der Waals surface area contributed by atoms with Gasteiger partial charge in [-0.2, -0.15) is 0 Å². The number of halogens is 1. The van der Waals surface area contributed by atoms with Gasteiger partial charge < -0.3 is 15.1 Å². The van der Waals surface area contributed by atoms with Crippen LogP contribution in [0.5, 0.6) is 0 Å². The first-order chi connectivity index (χ1) is 29.6. The van der Waals surface area contributed by atoms with Gasteiger partial charge in [0.15, 0.2) is 0 Å². The number of hydrogen-bond donors (Lipinski definition) is 2. The smallest absolute Gasteiger partial charge is 0.293 e. The predicted octanol–water partition coefficient (Wildman–Crippen LogP) is 8.59. The molecule has 5 aromatic carbocycles. The number of nitro benzene ring substituents is 1. The molecule has 61 heavy (non-hydrogen) atoms. The van der Waals surface area contributed by atoms with Crippen LogP contribution in [0.4, 0.5) is 17.1 Å². The van der Waals surface area contributed by atoms with Crippen molar-refractivity contribution < 1.29 is 18.1 Å². The van der Waals surface area contributed by atoms with E-state index in [2.05, 4.69) is 61.1 Å². The average Bonchev–Trinajstić information content (AvgIpc) is 3.88. The van der Waals surface area contributed by atoms with Crippen molar-refractivity contribution in [1.82, 2.24) is 14.5 Å². The third-order valence-electron chi connectivity index (χ3n) is 12.6. The number of hydrogen-bond acceptors (Lipinski definition) is 10. The zero-order chi connectivity index (χ0) is 42.1. The largest absolute Gasteiger partial charge is 0.376 e. The lowest BCUT2D eigenvalue weighted by molar-refractivity contribution is -0.384. The number of nitrogens with zero attached hydrogens (tertiary/aromatic N) is 4. The second-order valence-corrected chi connectivity index (χ2v) is 20.0. The summed E-state index contributed by atoms with van der Waals surface area (Å²) < 4.78 is 29.4. The lowest BCUT2D eigenvalue weighted by Gasteiger charge is -2.46. The summed E-state index contributed by atoms with van der Waals surface area (Å²) in [6.45, 7) is 6.54. The van der Waals surface area contributed by atoms with E-state index < -0.39 is 20.9 Å². The van der Waals surface area contributed by atoms with Crippen LogP contribution in [-0.4, -0.2) is 86.2 Å². The monoisotopic (exact) mass is 876 g/mol. The molecule has 2 saturated heterocycles. The molecular formula is C47H49ClN6O5S2. The maximum Gasteiger partial charge on any atom is 0.293 e. The summed E-state index contributed by atoms with van der Waals surface area (Å²) in [5.41, 5.74) is 5.78. The Morgan fingerprint density at radius 1 is 0.885 bits per heavy atom. The van der Waals surface area contributed by atoms with Gasteiger partial charge in [-0.05, 0) is 114 Å². The van der Waals surface area contributed by atoms with E-state index in [-0.39, 0.29) is 27.9 Å². The molecule has 1 saturated carbocycles. The van der Waals surface area contributed by atoms with E-state index in [4.69, 9.17) is 11.6 Å². The van der Waals surface area contributed by atoms with Crippen molar-refractivity contribution in [3.05, 3.63) is 147 Å². The maximum absolute atomic E-state index is 13.6. The van der Waals surface area contributed by atoms with Crippen LogP contribution in [-0.2, 0) is 23.0 Å². The first-order valence-electron chi connectivity index (χ1n) is 21.0. The zero-order valence-corrected chi connectivity index (χ0v) is 36.2. The van der Waals surface area contributed by atoms with E-state index in [9.17, 15) is 23.3 Å². The minimum Gasteiger partial charge on any atom is -0.376 e. The standard InChI is InChI=1S/C47H49ClN6O5S2/c48-38-14-10-32(11-15-38)43-9-5-4-6-35(43)27-52-22-23-53-40(30-52)16-12-33-24-34(13-19-45(33)53)47(55)50-61(58,59)42-17-18-44(46(26-42)54(56)57)49-39(31-60-41-7-2-1-3-8-41)20-21-51-28-36-25-37(36)29-51/h1-11,13-15,17-19,24,26,36-37,39-40,49H,12,16,20-23,25,27-31H2,(H,50,55)/t36-,37+,39-,40-/m1/s1. The molecule has 3 aliphatic heterocycles. The average molecular weight is 878 g/mol. The molecule has 3 fully saturated rings. The molecule has 0 spiro atoms. The molecule has 4 aliphatic rings. The minimum atomic E-state index is -4.44. The molecule has 4 atom stereocenters. The number of sulfonamides is 1. The van der Waals surface area contributed by atoms with Gasteiger partial charge >= 0.3 is 0 Å². The van der Waals surface area contributed by atoms with E-state index in [1.54, 1.807) is 23.9 Å². The van der Waals surface area contributed by atoms with E-state index in [0.717, 1.165) is 105 Å². The lowest BCUT2D eigenvalue weighted by atomic mass is 9.92. The summed E-state index contributed by atoms with van der Waals surface area (Å²) in [5.74, 6) is 1.52. The first kappa shape index (κ1) is 41.4. The van der Waals surface area contributed by atoms with E-state index in [1.165, 1.54) is 29.7 Å². The Labute approximate surface area is 366 Å². The van der Waals surface area contributed by atoms with Crippen molar-refractivity contribution in [2.45, 2.75) is 54.1 Å². The molecule has 1 amide bonds. The van der Waals surface area contributed by atoms with Crippen LogP contribution in [0.2, 0.25) is 5.02 Å². The number of piperidine rings is 1. The van der Waals surface area contributed by atoms with Gasteiger partial charge in [0.2, 0.25) is 0 Å². The molecule has 0 aromatic heterocycles. The SMILES string of the molecule is O=C(NS(=O)(=O)c1ccc(N[C@H](CCN2C[C@H]3C[C@H]3C2)CSc2ccccc2)c([N+](=O)[O-])c1)c1ccc2c(c1)CC[C@@H]1CN(Cc3ccccc3-c3ccc(Cl)cc3)CCN21. The number of likely N-dealkylation sites (tertiary alicyclic amines) is 1. The molecule has 2 N–H and O–H groups in total. The van der Waals surface area contributed by atoms with Crippen LogP contribution in [0.1, 0.15) is 40.7 Å². The highest BCUT2D eigenvalue weighted by Crippen LogP contribution is 2.45. The number of aryl methyl sites for hydroxylation is 1. The van der Waals surface area contributed by atoms with Crippen molar-refractivity contribution in [3.8, 4) is 11.1 Å². The summed E-state index contributed by atoms with van der Waals surface area (Å²) in [7, 11) is -4.44. The fourth-order valence-electron chi connectivity index (χ4n) is 9.31. The Morgan fingerprint density at radius 2 is 1.66 bits per heavy atom. The molecular weight excluding hydrogens is 828 g/mol. The van der Waals surface area contributed by atoms with Gasteiger partial charge in [0, 0.05) is 90.9 Å². The summed E-state index contributed by atoms with van der Waals surface area (Å²) in [6.07, 6.45) is 3.76. The molecule has 14 heteroatoms. The Kier molecular flexibility index (Phi) is 12.1.